The molecule has 0 unspecified atom stereocenters. The Morgan fingerprint density at radius 3 is 2.87 bits per heavy atom. The Bertz CT molecular complexity index is 352. The van der Waals surface area contributed by atoms with E-state index in [-0.39, 0.29) is 5.91 Å². The van der Waals surface area contributed by atoms with Crippen molar-refractivity contribution < 1.29 is 9.53 Å². The topological polar surface area (TPSA) is 38.3 Å². The molecule has 0 heterocycles. The molecule has 0 atom stereocenters. The molecule has 0 aliphatic rings. The van der Waals surface area contributed by atoms with E-state index in [0.717, 1.165) is 17.0 Å². The van der Waals surface area contributed by atoms with Crippen molar-refractivity contribution in [2.45, 2.75) is 13.3 Å². The highest BCUT2D eigenvalue weighted by Gasteiger charge is 2.04. The highest BCUT2D eigenvalue weighted by Crippen LogP contribution is 2.21. The number of rotatable bonds is 4. The summed E-state index contributed by atoms with van der Waals surface area (Å²) < 4.78 is 5.09. The number of nitrogens with one attached hydrogen (secondary N) is 1. The molecule has 0 radical (unpaired) electrons. The van der Waals surface area contributed by atoms with Crippen molar-refractivity contribution in [3.05, 3.63) is 23.8 Å². The largest absolute Gasteiger partial charge is 0.497 e. The molecule has 0 aliphatic carbocycles. The summed E-state index contributed by atoms with van der Waals surface area (Å²) >= 11 is 3.22. The maximum Gasteiger partial charge on any atom is 0.225 e. The van der Waals surface area contributed by atoms with Crippen molar-refractivity contribution in [1.29, 1.82) is 0 Å². The molecule has 1 aromatic carbocycles. The molecule has 1 N–H and O–H groups in total. The van der Waals surface area contributed by atoms with Crippen LogP contribution in [0.1, 0.15) is 12.0 Å². The lowest BCUT2D eigenvalue weighted by Gasteiger charge is -2.09. The van der Waals surface area contributed by atoms with Gasteiger partial charge in [-0.1, -0.05) is 22.0 Å². The standard InChI is InChI=1S/C11H14BrNO2/c1-8-3-4-9(15-2)7-10(8)13-11(14)5-6-12/h3-4,7H,5-6H2,1-2H3,(H,13,14). The van der Waals surface area contributed by atoms with E-state index in [1.807, 2.05) is 25.1 Å². The van der Waals surface area contributed by atoms with Crippen LogP contribution in [-0.2, 0) is 4.79 Å². The highest BCUT2D eigenvalue weighted by molar-refractivity contribution is 9.09. The van der Waals surface area contributed by atoms with E-state index in [2.05, 4.69) is 21.2 Å². The van der Waals surface area contributed by atoms with Crippen molar-refractivity contribution in [2.75, 3.05) is 17.8 Å². The number of alkyl halides is 1. The lowest BCUT2D eigenvalue weighted by Crippen LogP contribution is -2.12. The number of amides is 1. The lowest BCUT2D eigenvalue weighted by atomic mass is 10.2. The molecule has 0 fully saturated rings. The first-order valence-corrected chi connectivity index (χ1v) is 5.80. The van der Waals surface area contributed by atoms with Crippen LogP contribution < -0.4 is 10.1 Å². The lowest BCUT2D eigenvalue weighted by molar-refractivity contribution is -0.115. The molecule has 3 nitrogen and oxygen atoms in total. The van der Waals surface area contributed by atoms with Crippen molar-refractivity contribution >= 4 is 27.5 Å². The van der Waals surface area contributed by atoms with Gasteiger partial charge in [0.2, 0.25) is 5.91 Å². The molecular weight excluding hydrogens is 258 g/mol. The van der Waals surface area contributed by atoms with Crippen LogP contribution in [0.5, 0.6) is 5.75 Å². The minimum Gasteiger partial charge on any atom is -0.497 e. The van der Waals surface area contributed by atoms with Crippen LogP contribution in [0.25, 0.3) is 0 Å². The Labute approximate surface area is 97.9 Å². The summed E-state index contributed by atoms with van der Waals surface area (Å²) in [7, 11) is 1.61. The Morgan fingerprint density at radius 1 is 1.53 bits per heavy atom. The Kier molecular flexibility index (Phi) is 4.62. The minimum absolute atomic E-state index is 0.00299. The normalized spacial score (nSPS) is 9.80. The fourth-order valence-electron chi connectivity index (χ4n) is 1.16. The molecule has 1 aromatic rings. The average molecular weight is 272 g/mol. The van der Waals surface area contributed by atoms with Crippen molar-refractivity contribution in [3.63, 3.8) is 0 Å². The summed E-state index contributed by atoms with van der Waals surface area (Å²) in [6.07, 6.45) is 0.469. The fourth-order valence-corrected chi connectivity index (χ4v) is 1.52. The summed E-state index contributed by atoms with van der Waals surface area (Å²) in [6.45, 7) is 1.95. The first-order chi connectivity index (χ1) is 7.17. The molecule has 0 spiro atoms. The highest BCUT2D eigenvalue weighted by atomic mass is 79.9. The second-order valence-corrected chi connectivity index (χ2v) is 3.96. The van der Waals surface area contributed by atoms with Gasteiger partial charge >= 0.3 is 0 Å². The van der Waals surface area contributed by atoms with Crippen LogP contribution in [0.3, 0.4) is 0 Å². The average Bonchev–Trinajstić information content (AvgIpc) is 2.21. The van der Waals surface area contributed by atoms with Crippen LogP contribution in [0, 0.1) is 6.92 Å². The van der Waals surface area contributed by atoms with Gasteiger partial charge in [-0.2, -0.15) is 0 Å². The van der Waals surface area contributed by atoms with Crippen molar-refractivity contribution in [2.24, 2.45) is 0 Å². The number of carbonyl (C=O) groups is 1. The number of hydrogen-bond acceptors (Lipinski definition) is 2. The van der Waals surface area contributed by atoms with Gasteiger partial charge in [0.1, 0.15) is 5.75 Å². The summed E-state index contributed by atoms with van der Waals surface area (Å²) in [6, 6.07) is 5.61. The third-order valence-corrected chi connectivity index (χ3v) is 2.44. The van der Waals surface area contributed by atoms with Gasteiger partial charge in [0, 0.05) is 23.5 Å². The van der Waals surface area contributed by atoms with Crippen molar-refractivity contribution in [3.8, 4) is 5.75 Å². The molecule has 0 bridgehead atoms. The van der Waals surface area contributed by atoms with Crippen molar-refractivity contribution in [1.82, 2.24) is 0 Å². The number of ether oxygens (including phenoxy) is 1. The summed E-state index contributed by atoms with van der Waals surface area (Å²) in [5.41, 5.74) is 1.83. The van der Waals surface area contributed by atoms with Gasteiger partial charge in [-0.05, 0) is 18.6 Å². The van der Waals surface area contributed by atoms with Crippen LogP contribution in [0.15, 0.2) is 18.2 Å². The first kappa shape index (κ1) is 12.0. The van der Waals surface area contributed by atoms with E-state index in [1.165, 1.54) is 0 Å². The number of aryl methyl sites for hydroxylation is 1. The van der Waals surface area contributed by atoms with E-state index in [9.17, 15) is 4.79 Å². The third-order valence-electron chi connectivity index (χ3n) is 2.04. The van der Waals surface area contributed by atoms with Gasteiger partial charge in [-0.3, -0.25) is 4.79 Å². The van der Waals surface area contributed by atoms with Crippen LogP contribution in [-0.4, -0.2) is 18.3 Å². The monoisotopic (exact) mass is 271 g/mol. The van der Waals surface area contributed by atoms with Crippen LogP contribution in [0.2, 0.25) is 0 Å². The Morgan fingerprint density at radius 2 is 2.27 bits per heavy atom. The van der Waals surface area contributed by atoms with Gasteiger partial charge < -0.3 is 10.1 Å². The van der Waals surface area contributed by atoms with Gasteiger partial charge in [0.15, 0.2) is 0 Å². The fraction of sp³-hybridized carbons (Fsp3) is 0.364. The van der Waals surface area contributed by atoms with E-state index >= 15 is 0 Å². The molecule has 0 saturated heterocycles. The van der Waals surface area contributed by atoms with E-state index < -0.39 is 0 Å². The Hall–Kier alpha value is -1.03. The van der Waals surface area contributed by atoms with Gasteiger partial charge in [0.25, 0.3) is 0 Å². The quantitative estimate of drug-likeness (QED) is 0.856. The molecule has 82 valence electrons. The number of benzene rings is 1. The molecule has 1 rings (SSSR count). The molecule has 0 aliphatic heterocycles. The zero-order chi connectivity index (χ0) is 11.3. The molecule has 0 saturated carbocycles. The molecular formula is C11H14BrNO2. The first-order valence-electron chi connectivity index (χ1n) is 4.68. The van der Waals surface area contributed by atoms with Crippen LogP contribution >= 0.6 is 15.9 Å². The summed E-state index contributed by atoms with van der Waals surface area (Å²) in [5, 5.41) is 3.51. The van der Waals surface area contributed by atoms with E-state index in [0.29, 0.717) is 11.8 Å². The third kappa shape index (κ3) is 3.55. The Balaban J connectivity index is 2.79. The maximum absolute atomic E-state index is 11.4. The smallest absolute Gasteiger partial charge is 0.225 e. The second-order valence-electron chi connectivity index (χ2n) is 3.17. The molecule has 15 heavy (non-hydrogen) atoms. The molecule has 4 heteroatoms. The van der Waals surface area contributed by atoms with E-state index in [1.54, 1.807) is 7.11 Å². The predicted octanol–water partition coefficient (Wildman–Crippen LogP) is 2.73. The predicted molar refractivity (Wildman–Crippen MR) is 64.8 cm³/mol. The molecule has 0 aromatic heterocycles. The second kappa shape index (κ2) is 5.75. The number of methoxy groups -OCH3 is 1. The zero-order valence-electron chi connectivity index (χ0n) is 8.84. The van der Waals surface area contributed by atoms with Gasteiger partial charge in [-0.15, -0.1) is 0 Å². The number of carbonyl (C=O) groups excluding carboxylic acids is 1. The maximum atomic E-state index is 11.4. The minimum atomic E-state index is 0.00299. The SMILES string of the molecule is COc1ccc(C)c(NC(=O)CCBr)c1. The van der Waals surface area contributed by atoms with Crippen LogP contribution in [0.4, 0.5) is 5.69 Å². The number of hydrogen-bond donors (Lipinski definition) is 1. The zero-order valence-corrected chi connectivity index (χ0v) is 10.4. The summed E-state index contributed by atoms with van der Waals surface area (Å²) in [5.74, 6) is 0.748. The van der Waals surface area contributed by atoms with Gasteiger partial charge in [-0.25, -0.2) is 0 Å². The number of anilines is 1. The molecule has 1 amide bonds. The van der Waals surface area contributed by atoms with E-state index in [4.69, 9.17) is 4.74 Å². The van der Waals surface area contributed by atoms with Gasteiger partial charge in [0.05, 0.1) is 7.11 Å². The number of halogens is 1. The summed E-state index contributed by atoms with van der Waals surface area (Å²) in [4.78, 5) is 11.4.